The van der Waals surface area contributed by atoms with E-state index in [1.54, 1.807) is 0 Å². The molecule has 17 heavy (non-hydrogen) atoms. The average molecular weight is 240 g/mol. The number of piperidine rings is 1. The van der Waals surface area contributed by atoms with Gasteiger partial charge in [0, 0.05) is 12.6 Å². The molecule has 2 unspecified atom stereocenters. The molecule has 2 aliphatic rings. The largest absolute Gasteiger partial charge is 0.390 e. The number of hydrogen-bond acceptors (Lipinski definition) is 3. The number of aliphatic hydroxyl groups is 1. The Morgan fingerprint density at radius 2 is 2.12 bits per heavy atom. The molecule has 0 spiro atoms. The number of nitrogens with zero attached hydrogens (tertiary/aromatic N) is 1. The number of rotatable bonds is 4. The first kappa shape index (κ1) is 13.3. The van der Waals surface area contributed by atoms with Gasteiger partial charge in [0.1, 0.15) is 0 Å². The van der Waals surface area contributed by atoms with Crippen LogP contribution in [0.2, 0.25) is 0 Å². The SMILES string of the molecule is CC(C)(O)CCN1CCCC1C1CCCNC1. The molecular weight excluding hydrogens is 212 g/mol. The lowest BCUT2D eigenvalue weighted by Crippen LogP contribution is -2.44. The Kier molecular flexibility index (Phi) is 4.45. The highest BCUT2D eigenvalue weighted by atomic mass is 16.3. The maximum atomic E-state index is 9.84. The first-order valence-corrected chi connectivity index (χ1v) is 7.23. The van der Waals surface area contributed by atoms with Gasteiger partial charge in [-0.05, 0) is 71.5 Å². The molecule has 100 valence electrons. The summed E-state index contributed by atoms with van der Waals surface area (Å²) in [5, 5.41) is 13.4. The summed E-state index contributed by atoms with van der Waals surface area (Å²) < 4.78 is 0. The van der Waals surface area contributed by atoms with E-state index in [4.69, 9.17) is 0 Å². The highest BCUT2D eigenvalue weighted by Crippen LogP contribution is 2.28. The van der Waals surface area contributed by atoms with Crippen LogP contribution in [0, 0.1) is 5.92 Å². The van der Waals surface area contributed by atoms with E-state index in [9.17, 15) is 5.11 Å². The molecule has 0 bridgehead atoms. The van der Waals surface area contributed by atoms with E-state index in [2.05, 4.69) is 10.2 Å². The van der Waals surface area contributed by atoms with Crippen LogP contribution in [-0.2, 0) is 0 Å². The van der Waals surface area contributed by atoms with Gasteiger partial charge in [0.05, 0.1) is 5.60 Å². The van der Waals surface area contributed by atoms with Gasteiger partial charge < -0.3 is 10.4 Å². The van der Waals surface area contributed by atoms with Gasteiger partial charge in [-0.15, -0.1) is 0 Å². The second-order valence-electron chi connectivity index (χ2n) is 6.41. The van der Waals surface area contributed by atoms with Gasteiger partial charge in [0.2, 0.25) is 0 Å². The molecule has 3 nitrogen and oxygen atoms in total. The third-order valence-electron chi connectivity index (χ3n) is 4.30. The van der Waals surface area contributed by atoms with Crippen LogP contribution < -0.4 is 5.32 Å². The Hall–Kier alpha value is -0.120. The van der Waals surface area contributed by atoms with E-state index in [1.807, 2.05) is 13.8 Å². The first-order valence-electron chi connectivity index (χ1n) is 7.23. The zero-order chi connectivity index (χ0) is 12.3. The summed E-state index contributed by atoms with van der Waals surface area (Å²) in [4.78, 5) is 2.62. The van der Waals surface area contributed by atoms with Gasteiger partial charge in [0.25, 0.3) is 0 Å². The van der Waals surface area contributed by atoms with Crippen LogP contribution in [0.3, 0.4) is 0 Å². The Morgan fingerprint density at radius 1 is 1.29 bits per heavy atom. The molecule has 2 saturated heterocycles. The van der Waals surface area contributed by atoms with E-state index in [0.29, 0.717) is 0 Å². The fourth-order valence-corrected chi connectivity index (χ4v) is 3.29. The van der Waals surface area contributed by atoms with Gasteiger partial charge in [-0.25, -0.2) is 0 Å². The lowest BCUT2D eigenvalue weighted by Gasteiger charge is -2.35. The van der Waals surface area contributed by atoms with Crippen molar-refractivity contribution in [3.63, 3.8) is 0 Å². The molecule has 2 rings (SSSR count). The van der Waals surface area contributed by atoms with Crippen molar-refractivity contribution in [2.75, 3.05) is 26.2 Å². The minimum atomic E-state index is -0.516. The molecule has 0 aliphatic carbocycles. The van der Waals surface area contributed by atoms with Crippen molar-refractivity contribution < 1.29 is 5.11 Å². The molecule has 2 atom stereocenters. The summed E-state index contributed by atoms with van der Waals surface area (Å²) in [6.07, 6.45) is 6.31. The van der Waals surface area contributed by atoms with Crippen LogP contribution in [0.4, 0.5) is 0 Å². The second kappa shape index (κ2) is 5.68. The van der Waals surface area contributed by atoms with E-state index in [0.717, 1.165) is 24.9 Å². The van der Waals surface area contributed by atoms with Gasteiger partial charge in [-0.3, -0.25) is 4.90 Å². The fraction of sp³-hybridized carbons (Fsp3) is 1.00. The molecule has 0 amide bonds. The van der Waals surface area contributed by atoms with Crippen LogP contribution in [0.25, 0.3) is 0 Å². The lowest BCUT2D eigenvalue weighted by molar-refractivity contribution is 0.0503. The van der Waals surface area contributed by atoms with Gasteiger partial charge in [-0.2, -0.15) is 0 Å². The summed E-state index contributed by atoms with van der Waals surface area (Å²) >= 11 is 0. The molecule has 0 aromatic rings. The topological polar surface area (TPSA) is 35.5 Å². The van der Waals surface area contributed by atoms with Crippen LogP contribution >= 0.6 is 0 Å². The molecule has 0 aromatic heterocycles. The molecule has 2 fully saturated rings. The van der Waals surface area contributed by atoms with Crippen LogP contribution in [0.1, 0.15) is 46.0 Å². The van der Waals surface area contributed by atoms with Gasteiger partial charge in [-0.1, -0.05) is 0 Å². The van der Waals surface area contributed by atoms with E-state index in [1.165, 1.54) is 45.3 Å². The highest BCUT2D eigenvalue weighted by Gasteiger charge is 2.32. The standard InChI is InChI=1S/C14H28N2O/c1-14(2,17)7-10-16-9-4-6-13(16)12-5-3-8-15-11-12/h12-13,15,17H,3-11H2,1-2H3. The molecular formula is C14H28N2O. The van der Waals surface area contributed by atoms with Crippen LogP contribution in [0.5, 0.6) is 0 Å². The van der Waals surface area contributed by atoms with Crippen molar-refractivity contribution in [2.24, 2.45) is 5.92 Å². The Bertz CT molecular complexity index is 231. The summed E-state index contributed by atoms with van der Waals surface area (Å²) in [6.45, 7) is 8.53. The summed E-state index contributed by atoms with van der Waals surface area (Å²) in [6, 6.07) is 0.769. The molecule has 0 radical (unpaired) electrons. The predicted molar refractivity (Wildman–Crippen MR) is 71.1 cm³/mol. The summed E-state index contributed by atoms with van der Waals surface area (Å²) in [7, 11) is 0. The minimum absolute atomic E-state index is 0.516. The fourth-order valence-electron chi connectivity index (χ4n) is 3.29. The van der Waals surface area contributed by atoms with Crippen molar-refractivity contribution in [1.29, 1.82) is 0 Å². The third-order valence-corrected chi connectivity index (χ3v) is 4.30. The monoisotopic (exact) mass is 240 g/mol. The molecule has 0 aromatic carbocycles. The van der Waals surface area contributed by atoms with Gasteiger partial charge >= 0.3 is 0 Å². The zero-order valence-corrected chi connectivity index (χ0v) is 11.4. The molecule has 2 heterocycles. The van der Waals surface area contributed by atoms with E-state index < -0.39 is 5.60 Å². The maximum absolute atomic E-state index is 9.84. The second-order valence-corrected chi connectivity index (χ2v) is 6.41. The Morgan fingerprint density at radius 3 is 2.76 bits per heavy atom. The average Bonchev–Trinajstić information content (AvgIpc) is 2.75. The number of hydrogen-bond donors (Lipinski definition) is 2. The summed E-state index contributed by atoms with van der Waals surface area (Å²) in [5.41, 5.74) is -0.516. The van der Waals surface area contributed by atoms with Crippen molar-refractivity contribution in [2.45, 2.75) is 57.6 Å². The lowest BCUT2D eigenvalue weighted by atomic mass is 9.90. The molecule has 2 N–H and O–H groups in total. The van der Waals surface area contributed by atoms with Crippen molar-refractivity contribution in [1.82, 2.24) is 10.2 Å². The van der Waals surface area contributed by atoms with E-state index in [-0.39, 0.29) is 0 Å². The van der Waals surface area contributed by atoms with Crippen molar-refractivity contribution >= 4 is 0 Å². The van der Waals surface area contributed by atoms with Crippen molar-refractivity contribution in [3.8, 4) is 0 Å². The Labute approximate surface area is 106 Å². The third kappa shape index (κ3) is 3.94. The Balaban J connectivity index is 1.83. The van der Waals surface area contributed by atoms with Crippen LogP contribution in [-0.4, -0.2) is 47.8 Å². The first-order chi connectivity index (χ1) is 8.06. The van der Waals surface area contributed by atoms with E-state index >= 15 is 0 Å². The maximum Gasteiger partial charge on any atom is 0.0603 e. The smallest absolute Gasteiger partial charge is 0.0603 e. The molecule has 2 aliphatic heterocycles. The minimum Gasteiger partial charge on any atom is -0.390 e. The van der Waals surface area contributed by atoms with Crippen LogP contribution in [0.15, 0.2) is 0 Å². The quantitative estimate of drug-likeness (QED) is 0.784. The highest BCUT2D eigenvalue weighted by molar-refractivity contribution is 4.88. The normalized spacial score (nSPS) is 31.9. The molecule has 3 heteroatoms. The number of likely N-dealkylation sites (tertiary alicyclic amines) is 1. The predicted octanol–water partition coefficient (Wildman–Crippen LogP) is 1.61. The summed E-state index contributed by atoms with van der Waals surface area (Å²) in [5.74, 6) is 0.841. The number of nitrogens with one attached hydrogen (secondary N) is 1. The molecule has 0 saturated carbocycles. The van der Waals surface area contributed by atoms with Crippen molar-refractivity contribution in [3.05, 3.63) is 0 Å². The van der Waals surface area contributed by atoms with Gasteiger partial charge in [0.15, 0.2) is 0 Å². The zero-order valence-electron chi connectivity index (χ0n) is 11.4.